The number of carbonyl (C=O) groups excluding carboxylic acids is 2. The third-order valence-corrected chi connectivity index (χ3v) is 5.07. The Hall–Kier alpha value is -2.93. The van der Waals surface area contributed by atoms with Crippen LogP contribution in [0.5, 0.6) is 0 Å². The van der Waals surface area contributed by atoms with E-state index in [1.54, 1.807) is 11.1 Å². The highest BCUT2D eigenvalue weighted by atomic mass is 16.2. The number of aromatic nitrogens is 1. The predicted octanol–water partition coefficient (Wildman–Crippen LogP) is 1.61. The van der Waals surface area contributed by atoms with Gasteiger partial charge < -0.3 is 15.5 Å². The van der Waals surface area contributed by atoms with Gasteiger partial charge in [0.1, 0.15) is 0 Å². The summed E-state index contributed by atoms with van der Waals surface area (Å²) in [5.74, 6) is 0.0914. The number of urea groups is 1. The van der Waals surface area contributed by atoms with Crippen LogP contribution in [0, 0.1) is 0 Å². The Morgan fingerprint density at radius 2 is 1.89 bits per heavy atom. The predicted molar refractivity (Wildman–Crippen MR) is 107 cm³/mol. The van der Waals surface area contributed by atoms with Gasteiger partial charge in [0, 0.05) is 51.7 Å². The van der Waals surface area contributed by atoms with Gasteiger partial charge in [-0.3, -0.25) is 14.7 Å². The lowest BCUT2D eigenvalue weighted by molar-refractivity contribution is -0.142. The van der Waals surface area contributed by atoms with Crippen LogP contribution in [0.25, 0.3) is 0 Å². The van der Waals surface area contributed by atoms with Gasteiger partial charge in [0.2, 0.25) is 5.91 Å². The molecule has 28 heavy (non-hydrogen) atoms. The van der Waals surface area contributed by atoms with Gasteiger partial charge in [-0.05, 0) is 24.1 Å². The summed E-state index contributed by atoms with van der Waals surface area (Å²) < 4.78 is 0. The van der Waals surface area contributed by atoms with Gasteiger partial charge in [0.25, 0.3) is 0 Å². The molecule has 1 aromatic heterocycles. The second kappa shape index (κ2) is 9.32. The quantitative estimate of drug-likeness (QED) is 0.797. The number of rotatable bonds is 6. The number of hydrogen-bond donors (Lipinski definition) is 2. The van der Waals surface area contributed by atoms with Crippen molar-refractivity contribution in [3.05, 3.63) is 66.0 Å². The van der Waals surface area contributed by atoms with Crippen LogP contribution in [0.3, 0.4) is 0 Å². The minimum absolute atomic E-state index is 0.0281. The highest BCUT2D eigenvalue weighted by molar-refractivity contribution is 5.82. The first-order valence-electron chi connectivity index (χ1n) is 9.50. The van der Waals surface area contributed by atoms with Crippen LogP contribution in [0.4, 0.5) is 4.79 Å². The van der Waals surface area contributed by atoms with Crippen molar-refractivity contribution in [2.75, 3.05) is 20.1 Å². The van der Waals surface area contributed by atoms with E-state index in [1.807, 2.05) is 62.6 Å². The van der Waals surface area contributed by atoms with Gasteiger partial charge in [-0.2, -0.15) is 0 Å². The average molecular weight is 381 g/mol. The fraction of sp³-hybridized carbons (Fsp3) is 0.381. The molecular weight excluding hydrogens is 354 g/mol. The molecule has 0 saturated carbocycles. The van der Waals surface area contributed by atoms with E-state index in [0.717, 1.165) is 11.1 Å². The van der Waals surface area contributed by atoms with Crippen molar-refractivity contribution < 1.29 is 9.59 Å². The van der Waals surface area contributed by atoms with Crippen molar-refractivity contribution >= 4 is 11.9 Å². The first-order valence-corrected chi connectivity index (χ1v) is 9.50. The molecule has 1 saturated heterocycles. The zero-order valence-corrected chi connectivity index (χ0v) is 16.3. The van der Waals surface area contributed by atoms with E-state index in [1.165, 1.54) is 0 Å². The number of amides is 3. The van der Waals surface area contributed by atoms with Crippen LogP contribution in [-0.2, 0) is 17.9 Å². The summed E-state index contributed by atoms with van der Waals surface area (Å²) in [5, 5.41) is 5.82. The lowest BCUT2D eigenvalue weighted by atomic mass is 10.0. The first kappa shape index (κ1) is 19.8. The molecule has 1 aliphatic rings. The Bertz CT molecular complexity index is 784. The molecule has 3 rings (SSSR count). The molecular formula is C21H27N5O2. The van der Waals surface area contributed by atoms with E-state index in [4.69, 9.17) is 0 Å². The molecule has 3 amide bonds. The van der Waals surface area contributed by atoms with E-state index in [0.29, 0.717) is 26.2 Å². The molecule has 0 aliphatic carbocycles. The average Bonchev–Trinajstić information content (AvgIpc) is 2.73. The molecule has 7 nitrogen and oxygen atoms in total. The molecule has 2 atom stereocenters. The molecule has 1 fully saturated rings. The van der Waals surface area contributed by atoms with Crippen molar-refractivity contribution in [2.45, 2.75) is 32.1 Å². The smallest absolute Gasteiger partial charge is 0.315 e. The third kappa shape index (κ3) is 5.07. The summed E-state index contributed by atoms with van der Waals surface area (Å²) in [4.78, 5) is 32.7. The van der Waals surface area contributed by atoms with Gasteiger partial charge in [-0.25, -0.2) is 4.79 Å². The SMILES string of the molecule is C[C@H]1C(=O)N(C)C[C@@H](CNC(=O)NCc2ccccc2)N1Cc1cccnc1. The van der Waals surface area contributed by atoms with E-state index >= 15 is 0 Å². The Morgan fingerprint density at radius 1 is 1.14 bits per heavy atom. The first-order chi connectivity index (χ1) is 13.5. The largest absolute Gasteiger partial charge is 0.343 e. The van der Waals surface area contributed by atoms with Crippen LogP contribution in [-0.4, -0.2) is 58.9 Å². The fourth-order valence-electron chi connectivity index (χ4n) is 3.49. The Kier molecular flexibility index (Phi) is 6.60. The Labute approximate surface area is 165 Å². The number of benzene rings is 1. The molecule has 0 spiro atoms. The highest BCUT2D eigenvalue weighted by Crippen LogP contribution is 2.19. The number of carbonyl (C=O) groups is 2. The minimum Gasteiger partial charge on any atom is -0.343 e. The minimum atomic E-state index is -0.252. The van der Waals surface area contributed by atoms with Crippen LogP contribution >= 0.6 is 0 Å². The molecule has 0 bridgehead atoms. The van der Waals surface area contributed by atoms with E-state index in [-0.39, 0.29) is 24.0 Å². The maximum Gasteiger partial charge on any atom is 0.315 e. The lowest BCUT2D eigenvalue weighted by Crippen LogP contribution is -2.62. The van der Waals surface area contributed by atoms with Crippen LogP contribution < -0.4 is 10.6 Å². The van der Waals surface area contributed by atoms with Gasteiger partial charge in [0.05, 0.1) is 6.04 Å². The standard InChI is InChI=1S/C21H27N5O2/c1-16-20(27)25(2)15-19(26(16)14-18-9-6-10-22-11-18)13-24-21(28)23-12-17-7-4-3-5-8-17/h3-11,16,19H,12-15H2,1-2H3,(H2,23,24,28)/t16-,19+/m0/s1. The van der Waals surface area contributed by atoms with Gasteiger partial charge in [0.15, 0.2) is 0 Å². The zero-order valence-electron chi connectivity index (χ0n) is 16.3. The second-order valence-electron chi connectivity index (χ2n) is 7.13. The molecule has 2 aromatic rings. The Morgan fingerprint density at radius 3 is 2.61 bits per heavy atom. The lowest BCUT2D eigenvalue weighted by Gasteiger charge is -2.43. The normalized spacial score (nSPS) is 20.1. The summed E-state index contributed by atoms with van der Waals surface area (Å²) in [7, 11) is 1.81. The number of nitrogens with one attached hydrogen (secondary N) is 2. The van der Waals surface area contributed by atoms with Gasteiger partial charge in [-0.15, -0.1) is 0 Å². The number of hydrogen-bond acceptors (Lipinski definition) is 4. The summed E-state index contributed by atoms with van der Waals surface area (Å²) in [5.41, 5.74) is 2.10. The monoisotopic (exact) mass is 381 g/mol. The van der Waals surface area contributed by atoms with E-state index in [2.05, 4.69) is 20.5 Å². The summed E-state index contributed by atoms with van der Waals surface area (Å²) in [6.45, 7) is 4.04. The van der Waals surface area contributed by atoms with Crippen LogP contribution in [0.15, 0.2) is 54.9 Å². The van der Waals surface area contributed by atoms with Crippen molar-refractivity contribution in [3.8, 4) is 0 Å². The maximum atomic E-state index is 12.4. The molecule has 148 valence electrons. The molecule has 2 heterocycles. The molecule has 2 N–H and O–H groups in total. The molecule has 1 aromatic carbocycles. The highest BCUT2D eigenvalue weighted by Gasteiger charge is 2.36. The van der Waals surface area contributed by atoms with E-state index in [9.17, 15) is 9.59 Å². The Balaban J connectivity index is 1.58. The van der Waals surface area contributed by atoms with Crippen molar-refractivity contribution in [1.82, 2.24) is 25.4 Å². The fourth-order valence-corrected chi connectivity index (χ4v) is 3.49. The molecule has 1 aliphatic heterocycles. The number of likely N-dealkylation sites (N-methyl/N-ethyl adjacent to an activating group) is 1. The molecule has 7 heteroatoms. The van der Waals surface area contributed by atoms with Crippen molar-refractivity contribution in [2.24, 2.45) is 0 Å². The third-order valence-electron chi connectivity index (χ3n) is 5.07. The van der Waals surface area contributed by atoms with Crippen LogP contribution in [0.2, 0.25) is 0 Å². The zero-order chi connectivity index (χ0) is 19.9. The van der Waals surface area contributed by atoms with Gasteiger partial charge >= 0.3 is 6.03 Å². The summed E-state index contributed by atoms with van der Waals surface area (Å²) in [6, 6.07) is 13.2. The number of piperazine rings is 1. The number of nitrogens with zero attached hydrogens (tertiary/aromatic N) is 3. The summed E-state index contributed by atoms with van der Waals surface area (Å²) in [6.07, 6.45) is 3.55. The van der Waals surface area contributed by atoms with E-state index < -0.39 is 0 Å². The summed E-state index contributed by atoms with van der Waals surface area (Å²) >= 11 is 0. The molecule has 0 unspecified atom stereocenters. The van der Waals surface area contributed by atoms with Crippen molar-refractivity contribution in [3.63, 3.8) is 0 Å². The second-order valence-corrected chi connectivity index (χ2v) is 7.13. The van der Waals surface area contributed by atoms with Gasteiger partial charge in [-0.1, -0.05) is 36.4 Å². The topological polar surface area (TPSA) is 77.6 Å². The van der Waals surface area contributed by atoms with Crippen molar-refractivity contribution in [1.29, 1.82) is 0 Å². The number of pyridine rings is 1. The molecule has 0 radical (unpaired) electrons. The van der Waals surface area contributed by atoms with Crippen LogP contribution in [0.1, 0.15) is 18.1 Å². The maximum absolute atomic E-state index is 12.4.